The van der Waals surface area contributed by atoms with Crippen LogP contribution in [0.2, 0.25) is 5.15 Å². The number of benzene rings is 1. The molecule has 0 spiro atoms. The monoisotopic (exact) mass is 368 g/mol. The standard InChI is InChI=1S/C20H21ClN4O/c1-13(2)12-25-20(21)16(14(3)24-25)9-10-18(26)23-17-8-4-6-15-7-5-11-22-19(15)17/h4-11,13H,12H2,1-3H3,(H,23,26)/b10-9-. The molecule has 0 radical (unpaired) electrons. The third-order valence-electron chi connectivity index (χ3n) is 3.94. The van der Waals surface area contributed by atoms with Gasteiger partial charge in [-0.25, -0.2) is 0 Å². The van der Waals surface area contributed by atoms with Crippen LogP contribution in [0.4, 0.5) is 5.69 Å². The van der Waals surface area contributed by atoms with Gasteiger partial charge in [0.1, 0.15) is 5.15 Å². The Labute approximate surface area is 157 Å². The lowest BCUT2D eigenvalue weighted by atomic mass is 10.2. The molecule has 0 unspecified atom stereocenters. The second-order valence-electron chi connectivity index (χ2n) is 6.57. The summed E-state index contributed by atoms with van der Waals surface area (Å²) in [5.41, 5.74) is 3.00. The van der Waals surface area contributed by atoms with Crippen molar-refractivity contribution < 1.29 is 4.79 Å². The van der Waals surface area contributed by atoms with Gasteiger partial charge < -0.3 is 5.32 Å². The van der Waals surface area contributed by atoms with Crippen LogP contribution in [0.25, 0.3) is 17.0 Å². The second kappa shape index (κ2) is 7.70. The Balaban J connectivity index is 1.79. The van der Waals surface area contributed by atoms with Gasteiger partial charge in [-0.2, -0.15) is 5.10 Å². The van der Waals surface area contributed by atoms with Crippen LogP contribution in [0, 0.1) is 12.8 Å². The van der Waals surface area contributed by atoms with Crippen LogP contribution >= 0.6 is 11.6 Å². The molecule has 0 saturated heterocycles. The number of rotatable bonds is 5. The van der Waals surface area contributed by atoms with E-state index in [1.807, 2.05) is 37.3 Å². The van der Waals surface area contributed by atoms with E-state index in [1.54, 1.807) is 17.0 Å². The quantitative estimate of drug-likeness (QED) is 0.664. The largest absolute Gasteiger partial charge is 0.321 e. The third-order valence-corrected chi connectivity index (χ3v) is 4.34. The van der Waals surface area contributed by atoms with Crippen LogP contribution in [-0.2, 0) is 11.3 Å². The number of nitrogens with zero attached hydrogens (tertiary/aromatic N) is 3. The summed E-state index contributed by atoms with van der Waals surface area (Å²) in [6.07, 6.45) is 4.88. The predicted molar refractivity (Wildman–Crippen MR) is 106 cm³/mol. The molecule has 0 saturated carbocycles. The Bertz CT molecular complexity index is 970. The van der Waals surface area contributed by atoms with Crippen molar-refractivity contribution in [2.75, 3.05) is 5.32 Å². The zero-order chi connectivity index (χ0) is 18.7. The average Bonchev–Trinajstić information content (AvgIpc) is 2.86. The van der Waals surface area contributed by atoms with E-state index in [2.05, 4.69) is 29.2 Å². The summed E-state index contributed by atoms with van der Waals surface area (Å²) in [4.78, 5) is 16.7. The number of fused-ring (bicyclic) bond motifs is 1. The van der Waals surface area contributed by atoms with Gasteiger partial charge in [0.05, 0.1) is 16.9 Å². The van der Waals surface area contributed by atoms with Gasteiger partial charge in [-0.1, -0.05) is 43.6 Å². The van der Waals surface area contributed by atoms with Crippen molar-refractivity contribution in [2.45, 2.75) is 27.3 Å². The van der Waals surface area contributed by atoms with E-state index in [0.717, 1.165) is 28.7 Å². The van der Waals surface area contributed by atoms with E-state index in [-0.39, 0.29) is 5.91 Å². The van der Waals surface area contributed by atoms with Crippen LogP contribution < -0.4 is 5.32 Å². The summed E-state index contributed by atoms with van der Waals surface area (Å²) >= 11 is 6.40. The Kier molecular flexibility index (Phi) is 5.38. The summed E-state index contributed by atoms with van der Waals surface area (Å²) in [6.45, 7) is 6.83. The lowest BCUT2D eigenvalue weighted by molar-refractivity contribution is -0.111. The molecule has 2 heterocycles. The number of hydrogen-bond donors (Lipinski definition) is 1. The van der Waals surface area contributed by atoms with E-state index >= 15 is 0 Å². The number of carbonyl (C=O) groups excluding carboxylic acids is 1. The van der Waals surface area contributed by atoms with Crippen molar-refractivity contribution >= 4 is 40.2 Å². The molecule has 1 N–H and O–H groups in total. The molecule has 5 nitrogen and oxygen atoms in total. The predicted octanol–water partition coefficient (Wildman–Crippen LogP) is 4.70. The van der Waals surface area contributed by atoms with Crippen LogP contribution in [0.1, 0.15) is 25.1 Å². The normalized spacial score (nSPS) is 11.6. The van der Waals surface area contributed by atoms with Crippen molar-refractivity contribution in [3.05, 3.63) is 59.0 Å². The molecule has 3 aromatic rings. The summed E-state index contributed by atoms with van der Waals surface area (Å²) in [7, 11) is 0. The van der Waals surface area contributed by atoms with Crippen molar-refractivity contribution in [3.8, 4) is 0 Å². The van der Waals surface area contributed by atoms with Gasteiger partial charge in [-0.05, 0) is 31.1 Å². The van der Waals surface area contributed by atoms with Crippen molar-refractivity contribution in [2.24, 2.45) is 5.92 Å². The van der Waals surface area contributed by atoms with Crippen LogP contribution in [0.15, 0.2) is 42.6 Å². The number of anilines is 1. The maximum absolute atomic E-state index is 12.3. The summed E-state index contributed by atoms with van der Waals surface area (Å²) in [5.74, 6) is 0.195. The van der Waals surface area contributed by atoms with Gasteiger partial charge in [0.15, 0.2) is 0 Å². The number of aryl methyl sites for hydroxylation is 1. The highest BCUT2D eigenvalue weighted by Gasteiger charge is 2.12. The van der Waals surface area contributed by atoms with Crippen molar-refractivity contribution in [1.29, 1.82) is 0 Å². The molecular formula is C20H21ClN4O. The summed E-state index contributed by atoms with van der Waals surface area (Å²) < 4.78 is 1.77. The molecule has 6 heteroatoms. The smallest absolute Gasteiger partial charge is 0.248 e. The van der Waals surface area contributed by atoms with E-state index < -0.39 is 0 Å². The first-order chi connectivity index (χ1) is 12.5. The molecule has 3 rings (SSSR count). The van der Waals surface area contributed by atoms with E-state index in [9.17, 15) is 4.79 Å². The first kappa shape index (κ1) is 18.1. The Morgan fingerprint density at radius 2 is 2.08 bits per heavy atom. The first-order valence-electron chi connectivity index (χ1n) is 8.51. The number of amides is 1. The highest BCUT2D eigenvalue weighted by molar-refractivity contribution is 6.31. The molecule has 0 aliphatic rings. The maximum Gasteiger partial charge on any atom is 0.248 e. The summed E-state index contributed by atoms with van der Waals surface area (Å²) in [5, 5.41) is 8.84. The van der Waals surface area contributed by atoms with Crippen LogP contribution in [0.5, 0.6) is 0 Å². The molecule has 2 aromatic heterocycles. The number of hydrogen-bond acceptors (Lipinski definition) is 3. The van der Waals surface area contributed by atoms with Gasteiger partial charge in [0, 0.05) is 29.8 Å². The molecule has 1 aromatic carbocycles. The number of para-hydroxylation sites is 1. The lowest BCUT2D eigenvalue weighted by Crippen LogP contribution is -2.08. The van der Waals surface area contributed by atoms with Gasteiger partial charge >= 0.3 is 0 Å². The number of pyridine rings is 1. The third kappa shape index (κ3) is 3.94. The molecular weight excluding hydrogens is 348 g/mol. The second-order valence-corrected chi connectivity index (χ2v) is 6.93. The molecule has 0 fully saturated rings. The van der Waals surface area contributed by atoms with Gasteiger partial charge in [0.2, 0.25) is 5.91 Å². The number of carbonyl (C=O) groups is 1. The van der Waals surface area contributed by atoms with Crippen molar-refractivity contribution in [3.63, 3.8) is 0 Å². The molecule has 0 bridgehead atoms. The first-order valence-corrected chi connectivity index (χ1v) is 8.89. The van der Waals surface area contributed by atoms with Gasteiger partial charge in [-0.3, -0.25) is 14.5 Å². The van der Waals surface area contributed by atoms with Gasteiger partial charge in [-0.15, -0.1) is 0 Å². The van der Waals surface area contributed by atoms with E-state index in [0.29, 0.717) is 16.8 Å². The molecule has 0 aliphatic heterocycles. The maximum atomic E-state index is 12.3. The Hall–Kier alpha value is -2.66. The topological polar surface area (TPSA) is 59.8 Å². The minimum absolute atomic E-state index is 0.241. The van der Waals surface area contributed by atoms with Gasteiger partial charge in [0.25, 0.3) is 0 Å². The molecule has 134 valence electrons. The fourth-order valence-corrected chi connectivity index (χ4v) is 3.07. The zero-order valence-electron chi connectivity index (χ0n) is 15.0. The Morgan fingerprint density at radius 1 is 1.31 bits per heavy atom. The van der Waals surface area contributed by atoms with E-state index in [1.165, 1.54) is 6.08 Å². The average molecular weight is 369 g/mol. The van der Waals surface area contributed by atoms with Crippen molar-refractivity contribution in [1.82, 2.24) is 14.8 Å². The number of nitrogens with one attached hydrogen (secondary N) is 1. The van der Waals surface area contributed by atoms with Crippen LogP contribution in [0.3, 0.4) is 0 Å². The van der Waals surface area contributed by atoms with E-state index in [4.69, 9.17) is 11.6 Å². The summed E-state index contributed by atoms with van der Waals surface area (Å²) in [6, 6.07) is 9.51. The SMILES string of the molecule is Cc1nn(CC(C)C)c(Cl)c1/C=C\C(=O)Nc1cccc2cccnc12. The van der Waals surface area contributed by atoms with Crippen LogP contribution in [-0.4, -0.2) is 20.7 Å². The fraction of sp³-hybridized carbons (Fsp3) is 0.250. The highest BCUT2D eigenvalue weighted by Crippen LogP contribution is 2.23. The zero-order valence-corrected chi connectivity index (χ0v) is 15.8. The lowest BCUT2D eigenvalue weighted by Gasteiger charge is -2.06. The molecule has 0 aliphatic carbocycles. The molecule has 1 amide bonds. The Morgan fingerprint density at radius 3 is 2.85 bits per heavy atom. The molecule has 0 atom stereocenters. The number of aromatic nitrogens is 3. The minimum Gasteiger partial charge on any atom is -0.321 e. The fourth-order valence-electron chi connectivity index (χ4n) is 2.76. The highest BCUT2D eigenvalue weighted by atomic mass is 35.5. The number of halogens is 1. The minimum atomic E-state index is -0.241. The molecule has 26 heavy (non-hydrogen) atoms.